The minimum absolute atomic E-state index is 0.205. The van der Waals surface area contributed by atoms with E-state index >= 15 is 0 Å². The molecule has 5 rings (SSSR count). The number of nitrogens with zero attached hydrogens (tertiary/aromatic N) is 4. The molecule has 1 aromatic carbocycles. The van der Waals surface area contributed by atoms with Crippen molar-refractivity contribution in [3.8, 4) is 5.75 Å². The number of amides is 1. The van der Waals surface area contributed by atoms with E-state index in [1.54, 1.807) is 18.5 Å². The number of benzene rings is 1. The fourth-order valence-corrected chi connectivity index (χ4v) is 5.01. The maximum absolute atomic E-state index is 13.0. The fourth-order valence-electron chi connectivity index (χ4n) is 5.01. The first kappa shape index (κ1) is 27.9. The van der Waals surface area contributed by atoms with Crippen molar-refractivity contribution in [3.05, 3.63) is 89.5 Å². The molecule has 0 aliphatic carbocycles. The molecular weight excluding hydrogens is 516 g/mol. The highest BCUT2D eigenvalue weighted by Crippen LogP contribution is 2.37. The Morgan fingerprint density at radius 3 is 2.95 bits per heavy atom. The van der Waals surface area contributed by atoms with Gasteiger partial charge in [0, 0.05) is 67.7 Å². The molecule has 1 saturated heterocycles. The normalized spacial score (nSPS) is 16.8. The Bertz CT molecular complexity index is 1480. The van der Waals surface area contributed by atoms with Crippen LogP contribution in [0.25, 0.3) is 5.57 Å². The Morgan fingerprint density at radius 2 is 2.17 bits per heavy atom. The van der Waals surface area contributed by atoms with Gasteiger partial charge in [0.25, 0.3) is 5.91 Å². The lowest BCUT2D eigenvalue weighted by atomic mass is 10.0. The van der Waals surface area contributed by atoms with Gasteiger partial charge in [0.2, 0.25) is 0 Å². The number of aromatic nitrogens is 2. The van der Waals surface area contributed by atoms with Crippen LogP contribution in [0.3, 0.4) is 0 Å². The zero-order valence-corrected chi connectivity index (χ0v) is 23.5. The molecule has 4 heterocycles. The predicted octanol–water partition coefficient (Wildman–Crippen LogP) is 3.98. The molecule has 5 N–H and O–H groups in total. The Labute approximate surface area is 240 Å². The van der Waals surface area contributed by atoms with E-state index in [4.69, 9.17) is 10.5 Å². The molecule has 41 heavy (non-hydrogen) atoms. The van der Waals surface area contributed by atoms with E-state index in [1.165, 1.54) is 0 Å². The largest absolute Gasteiger partial charge is 0.492 e. The van der Waals surface area contributed by atoms with Gasteiger partial charge >= 0.3 is 0 Å². The number of nitrogens with two attached hydrogens (primary N) is 1. The van der Waals surface area contributed by atoms with Crippen LogP contribution in [0.15, 0.2) is 72.3 Å². The van der Waals surface area contributed by atoms with Crippen molar-refractivity contribution in [2.24, 2.45) is 10.7 Å². The first-order valence-corrected chi connectivity index (χ1v) is 13.8. The third-order valence-corrected chi connectivity index (χ3v) is 7.19. The molecule has 0 bridgehead atoms. The Hall–Kier alpha value is -4.70. The molecule has 10 heteroatoms. The number of ether oxygens (including phenoxy) is 1. The summed E-state index contributed by atoms with van der Waals surface area (Å²) in [4.78, 5) is 28.5. The number of hydrogen-bond donors (Lipinski definition) is 4. The van der Waals surface area contributed by atoms with E-state index in [9.17, 15) is 4.79 Å². The van der Waals surface area contributed by atoms with Gasteiger partial charge in [-0.1, -0.05) is 18.7 Å². The quantitative estimate of drug-likeness (QED) is 0.294. The monoisotopic (exact) mass is 552 g/mol. The topological polar surface area (TPSA) is 130 Å². The molecule has 1 unspecified atom stereocenters. The number of nitrogens with one attached hydrogen (secondary N) is 3. The Kier molecular flexibility index (Phi) is 8.59. The van der Waals surface area contributed by atoms with Gasteiger partial charge in [-0.2, -0.15) is 0 Å². The first-order chi connectivity index (χ1) is 19.9. The molecule has 3 aromatic rings. The number of carbonyl (C=O) groups is 1. The summed E-state index contributed by atoms with van der Waals surface area (Å²) >= 11 is 0. The first-order valence-electron chi connectivity index (χ1n) is 13.8. The van der Waals surface area contributed by atoms with Crippen LogP contribution in [-0.4, -0.2) is 54.4 Å². The summed E-state index contributed by atoms with van der Waals surface area (Å²) in [7, 11) is 0. The van der Waals surface area contributed by atoms with Gasteiger partial charge < -0.3 is 31.3 Å². The molecule has 2 aliphatic heterocycles. The smallest absolute Gasteiger partial charge is 0.256 e. The molecule has 0 saturated carbocycles. The number of carbonyl (C=O) groups excluding carboxylic acids is 1. The highest BCUT2D eigenvalue weighted by atomic mass is 16.5. The molecule has 1 amide bonds. The van der Waals surface area contributed by atoms with Crippen LogP contribution in [0.5, 0.6) is 5.75 Å². The van der Waals surface area contributed by atoms with Crippen LogP contribution < -0.4 is 31.3 Å². The average Bonchev–Trinajstić information content (AvgIpc) is 3.47. The van der Waals surface area contributed by atoms with Gasteiger partial charge in [-0.05, 0) is 55.3 Å². The van der Waals surface area contributed by atoms with Crippen LogP contribution >= 0.6 is 0 Å². The van der Waals surface area contributed by atoms with E-state index in [0.717, 1.165) is 65.6 Å². The Morgan fingerprint density at radius 1 is 1.29 bits per heavy atom. The summed E-state index contributed by atoms with van der Waals surface area (Å²) in [6.07, 6.45) is 7.86. The van der Waals surface area contributed by atoms with Crippen LogP contribution in [-0.2, 0) is 13.0 Å². The molecule has 1 atom stereocenters. The van der Waals surface area contributed by atoms with Crippen LogP contribution in [0, 0.1) is 0 Å². The van der Waals surface area contributed by atoms with E-state index in [-0.39, 0.29) is 11.7 Å². The van der Waals surface area contributed by atoms with Crippen molar-refractivity contribution in [1.82, 2.24) is 15.3 Å². The van der Waals surface area contributed by atoms with E-state index in [0.29, 0.717) is 30.6 Å². The maximum Gasteiger partial charge on any atom is 0.256 e. The van der Waals surface area contributed by atoms with E-state index in [2.05, 4.69) is 49.3 Å². The third-order valence-electron chi connectivity index (χ3n) is 7.19. The van der Waals surface area contributed by atoms with Gasteiger partial charge in [0.05, 0.1) is 18.5 Å². The van der Waals surface area contributed by atoms with Crippen molar-refractivity contribution >= 4 is 35.0 Å². The summed E-state index contributed by atoms with van der Waals surface area (Å²) in [5, 5.41) is 9.73. The van der Waals surface area contributed by atoms with Crippen molar-refractivity contribution in [2.75, 3.05) is 41.8 Å². The second kappa shape index (κ2) is 12.6. The number of aliphatic imine (C=N–C) groups is 1. The second-order valence-electron chi connectivity index (χ2n) is 10.2. The van der Waals surface area contributed by atoms with Crippen LogP contribution in [0.2, 0.25) is 0 Å². The number of hydrogen-bond acceptors (Lipinski definition) is 9. The number of allylic oxidation sites excluding steroid dienone is 2. The molecule has 10 nitrogen and oxygen atoms in total. The summed E-state index contributed by atoms with van der Waals surface area (Å²) in [6, 6.07) is 11.8. The zero-order chi connectivity index (χ0) is 28.8. The molecule has 0 spiro atoms. The third kappa shape index (κ3) is 6.72. The van der Waals surface area contributed by atoms with E-state index < -0.39 is 0 Å². The molecular formula is C31H36N8O2. The lowest BCUT2D eigenvalue weighted by molar-refractivity contribution is 0.102. The SMILES string of the molecule is C=C(N)/N=C\C=C(/C)c1cnc(NCc2cccc(C(=O)Nc3ccc(N4CCNCC4C)cn3)c2)c2c1OCC2. The average molecular weight is 553 g/mol. The van der Waals surface area contributed by atoms with Gasteiger partial charge in [0.1, 0.15) is 23.2 Å². The summed E-state index contributed by atoms with van der Waals surface area (Å²) in [5.74, 6) is 2.17. The molecule has 2 aromatic heterocycles. The molecule has 212 valence electrons. The Balaban J connectivity index is 1.23. The van der Waals surface area contributed by atoms with Crippen molar-refractivity contribution in [2.45, 2.75) is 32.9 Å². The lowest BCUT2D eigenvalue weighted by Gasteiger charge is -2.35. The number of fused-ring (bicyclic) bond motifs is 1. The van der Waals surface area contributed by atoms with Crippen LogP contribution in [0.4, 0.5) is 17.3 Å². The highest BCUT2D eigenvalue weighted by molar-refractivity contribution is 6.03. The van der Waals surface area contributed by atoms with Gasteiger partial charge in [0.15, 0.2) is 0 Å². The van der Waals surface area contributed by atoms with Crippen molar-refractivity contribution < 1.29 is 9.53 Å². The number of piperazine rings is 1. The van der Waals surface area contributed by atoms with Gasteiger partial charge in [-0.15, -0.1) is 0 Å². The highest BCUT2D eigenvalue weighted by Gasteiger charge is 2.22. The number of anilines is 3. The zero-order valence-electron chi connectivity index (χ0n) is 23.5. The van der Waals surface area contributed by atoms with E-state index in [1.807, 2.05) is 49.5 Å². The standard InChI is InChI=1S/C31H36N8O2/c1-20(9-11-34-22(3)32)27-19-37-30(26-10-14-41-29(26)27)36-17-23-5-4-6-24(15-23)31(40)38-28-8-7-25(18-35-28)39-13-12-33-16-21(39)2/h4-9,11,15,18-19,21,33H,3,10,12-14,16-17,32H2,1-2H3,(H,36,37)(H,35,38,40)/b20-9+,34-11-. The minimum atomic E-state index is -0.205. The summed E-state index contributed by atoms with van der Waals surface area (Å²) in [6.45, 7) is 11.7. The predicted molar refractivity (Wildman–Crippen MR) is 165 cm³/mol. The van der Waals surface area contributed by atoms with Crippen LogP contribution in [0.1, 0.15) is 40.9 Å². The summed E-state index contributed by atoms with van der Waals surface area (Å²) < 4.78 is 5.95. The number of pyridine rings is 2. The second-order valence-corrected chi connectivity index (χ2v) is 10.2. The number of rotatable bonds is 9. The minimum Gasteiger partial charge on any atom is -0.492 e. The molecule has 0 radical (unpaired) electrons. The summed E-state index contributed by atoms with van der Waals surface area (Å²) in [5.41, 5.74) is 11.0. The van der Waals surface area contributed by atoms with Gasteiger partial charge in [-0.25, -0.2) is 15.0 Å². The lowest BCUT2D eigenvalue weighted by Crippen LogP contribution is -2.49. The molecule has 1 fully saturated rings. The van der Waals surface area contributed by atoms with Crippen molar-refractivity contribution in [3.63, 3.8) is 0 Å². The van der Waals surface area contributed by atoms with Gasteiger partial charge in [-0.3, -0.25) is 4.79 Å². The van der Waals surface area contributed by atoms with Crippen molar-refractivity contribution in [1.29, 1.82) is 0 Å². The molecule has 2 aliphatic rings. The maximum atomic E-state index is 13.0. The fraction of sp³-hybridized carbons (Fsp3) is 0.290.